The van der Waals surface area contributed by atoms with E-state index in [2.05, 4.69) is 43.3 Å². The van der Waals surface area contributed by atoms with Crippen LogP contribution in [0.25, 0.3) is 11.3 Å². The predicted octanol–water partition coefficient (Wildman–Crippen LogP) is 6.20. The molecule has 1 saturated heterocycles. The van der Waals surface area contributed by atoms with Gasteiger partial charge in [0.1, 0.15) is 5.82 Å². The van der Waals surface area contributed by atoms with Crippen molar-refractivity contribution in [2.24, 2.45) is 0 Å². The van der Waals surface area contributed by atoms with E-state index in [1.54, 1.807) is 18.5 Å². The minimum Gasteiger partial charge on any atom is -0.372 e. The Balaban J connectivity index is 1.38. The summed E-state index contributed by atoms with van der Waals surface area (Å²) in [6, 6.07) is 15.2. The summed E-state index contributed by atoms with van der Waals surface area (Å²) >= 11 is 9.19. The van der Waals surface area contributed by atoms with Crippen LogP contribution in [0.5, 0.6) is 0 Å². The van der Waals surface area contributed by atoms with E-state index in [0.29, 0.717) is 20.7 Å². The monoisotopic (exact) mass is 569 g/mol. The van der Waals surface area contributed by atoms with Crippen LogP contribution in [0.15, 0.2) is 71.2 Å². The number of nitrogens with one attached hydrogen (secondary N) is 3. The van der Waals surface area contributed by atoms with Gasteiger partial charge in [0.15, 0.2) is 5.13 Å². The van der Waals surface area contributed by atoms with E-state index in [-0.39, 0.29) is 5.82 Å². The van der Waals surface area contributed by atoms with E-state index in [1.807, 2.05) is 35.7 Å². The van der Waals surface area contributed by atoms with Crippen molar-refractivity contribution in [3.63, 3.8) is 0 Å². The average molecular weight is 570 g/mol. The van der Waals surface area contributed by atoms with Crippen molar-refractivity contribution in [3.05, 3.63) is 77.1 Å². The summed E-state index contributed by atoms with van der Waals surface area (Å²) in [4.78, 5) is 13.9. The maximum absolute atomic E-state index is 15.0. The lowest BCUT2D eigenvalue weighted by Crippen LogP contribution is -2.46. The molecule has 1 fully saturated rings. The highest BCUT2D eigenvalue weighted by Crippen LogP contribution is 2.37. The molecule has 198 valence electrons. The normalized spacial score (nSPS) is 13.9. The lowest BCUT2D eigenvalue weighted by molar-refractivity contribution is 0.246. The first kappa shape index (κ1) is 26.7. The average Bonchev–Trinajstić information content (AvgIpc) is 3.48. The van der Waals surface area contributed by atoms with Gasteiger partial charge in [-0.05, 0) is 24.1 Å². The van der Waals surface area contributed by atoms with Gasteiger partial charge in [-0.3, -0.25) is 9.88 Å². The summed E-state index contributed by atoms with van der Waals surface area (Å²) < 4.78 is 18.1. The maximum atomic E-state index is 15.0. The van der Waals surface area contributed by atoms with Crippen LogP contribution >= 0.6 is 34.9 Å². The molecule has 0 aliphatic carbocycles. The number of hydrogen-bond acceptors (Lipinski definition) is 9. The highest BCUT2D eigenvalue weighted by atomic mass is 35.5. The van der Waals surface area contributed by atoms with Gasteiger partial charge in [0, 0.05) is 69.5 Å². The molecule has 0 radical (unpaired) electrons. The van der Waals surface area contributed by atoms with Crippen LogP contribution in [-0.4, -0.2) is 61.2 Å². The van der Waals surface area contributed by atoms with Gasteiger partial charge in [0.2, 0.25) is 0 Å². The molecule has 2 aromatic carbocycles. The van der Waals surface area contributed by atoms with Crippen LogP contribution in [0.2, 0.25) is 5.02 Å². The molecule has 1 aliphatic rings. The lowest BCUT2D eigenvalue weighted by atomic mass is 10.1. The fourth-order valence-electron chi connectivity index (χ4n) is 4.19. The second kappa shape index (κ2) is 12.8. The summed E-state index contributed by atoms with van der Waals surface area (Å²) in [5, 5.41) is 9.71. The molecule has 3 N–H and O–H groups in total. The maximum Gasteiger partial charge on any atom is 0.192 e. The number of anilines is 4. The fourth-order valence-corrected chi connectivity index (χ4v) is 5.74. The highest BCUT2D eigenvalue weighted by Gasteiger charge is 2.17. The molecule has 0 amide bonds. The molecule has 0 unspecified atom stereocenters. The van der Waals surface area contributed by atoms with Gasteiger partial charge >= 0.3 is 0 Å². The van der Waals surface area contributed by atoms with Gasteiger partial charge in [-0.15, -0.1) is 11.3 Å². The van der Waals surface area contributed by atoms with Crippen molar-refractivity contribution < 1.29 is 4.39 Å². The summed E-state index contributed by atoms with van der Waals surface area (Å²) in [6.45, 7) is 5.91. The number of likely N-dealkylation sites (N-methyl/N-ethyl adjacent to an activating group) is 1. The van der Waals surface area contributed by atoms with E-state index < -0.39 is 0 Å². The Morgan fingerprint density at radius 3 is 2.71 bits per heavy atom. The van der Waals surface area contributed by atoms with Crippen molar-refractivity contribution in [3.8, 4) is 11.3 Å². The van der Waals surface area contributed by atoms with Gasteiger partial charge in [0.05, 0.1) is 38.9 Å². The molecular formula is C27H29ClFN7S2. The van der Waals surface area contributed by atoms with Crippen LogP contribution in [0.4, 0.5) is 26.6 Å². The minimum atomic E-state index is -0.381. The minimum absolute atomic E-state index is 0.381. The summed E-state index contributed by atoms with van der Waals surface area (Å²) in [5.74, 6) is -0.381. The van der Waals surface area contributed by atoms with E-state index in [0.717, 1.165) is 73.8 Å². The van der Waals surface area contributed by atoms with Gasteiger partial charge in [-0.25, -0.2) is 9.37 Å². The molecule has 1 aliphatic heterocycles. The molecule has 0 saturated carbocycles. The second-order valence-electron chi connectivity index (χ2n) is 8.89. The van der Waals surface area contributed by atoms with E-state index in [4.69, 9.17) is 16.6 Å². The molecule has 0 bridgehead atoms. The number of nitrogens with zero attached hydrogens (tertiary/aromatic N) is 4. The quantitative estimate of drug-likeness (QED) is 0.195. The number of hydrogen-bond donors (Lipinski definition) is 3. The molecule has 11 heteroatoms. The van der Waals surface area contributed by atoms with Crippen LogP contribution < -0.4 is 20.3 Å². The summed E-state index contributed by atoms with van der Waals surface area (Å²) in [5.41, 5.74) is 4.12. The van der Waals surface area contributed by atoms with Crippen LogP contribution in [0, 0.1) is 5.82 Å². The molecule has 38 heavy (non-hydrogen) atoms. The SMILES string of the molecule is CN(CCN1CCNCC1)c1cc(-c2ccccc2)ncc1Nc1cc(F)c(SNc2nccs2)cc1Cl. The Morgan fingerprint density at radius 2 is 1.95 bits per heavy atom. The van der Waals surface area contributed by atoms with Crippen molar-refractivity contribution in [1.82, 2.24) is 20.2 Å². The third-order valence-electron chi connectivity index (χ3n) is 6.30. The van der Waals surface area contributed by atoms with Gasteiger partial charge in [-0.2, -0.15) is 0 Å². The topological polar surface area (TPSA) is 68.3 Å². The molecule has 0 atom stereocenters. The zero-order chi connectivity index (χ0) is 26.3. The smallest absolute Gasteiger partial charge is 0.192 e. The zero-order valence-corrected chi connectivity index (χ0v) is 23.3. The third-order valence-corrected chi connectivity index (χ3v) is 8.25. The van der Waals surface area contributed by atoms with Gasteiger partial charge in [-0.1, -0.05) is 41.9 Å². The largest absolute Gasteiger partial charge is 0.372 e. The first-order chi connectivity index (χ1) is 18.6. The van der Waals surface area contributed by atoms with Crippen LogP contribution in [0.1, 0.15) is 0 Å². The predicted molar refractivity (Wildman–Crippen MR) is 159 cm³/mol. The number of aromatic nitrogens is 2. The number of piperazine rings is 1. The third kappa shape index (κ3) is 6.75. The molecule has 0 spiro atoms. The first-order valence-electron chi connectivity index (χ1n) is 12.3. The number of pyridine rings is 1. The molecule has 5 rings (SSSR count). The Morgan fingerprint density at radius 1 is 1.13 bits per heavy atom. The Kier molecular flexibility index (Phi) is 8.98. The molecule has 7 nitrogen and oxygen atoms in total. The first-order valence-corrected chi connectivity index (χ1v) is 14.4. The second-order valence-corrected chi connectivity index (χ2v) is 11.0. The number of thiazole rings is 1. The Hall–Kier alpha value is -2.89. The van der Waals surface area contributed by atoms with Gasteiger partial charge in [0.25, 0.3) is 0 Å². The van der Waals surface area contributed by atoms with Crippen molar-refractivity contribution >= 4 is 57.1 Å². The molecule has 4 aromatic rings. The number of rotatable bonds is 10. The van der Waals surface area contributed by atoms with Crippen molar-refractivity contribution in [2.45, 2.75) is 4.90 Å². The molecular weight excluding hydrogens is 541 g/mol. The van der Waals surface area contributed by atoms with Crippen molar-refractivity contribution in [1.29, 1.82) is 0 Å². The van der Waals surface area contributed by atoms with Crippen molar-refractivity contribution in [2.75, 3.05) is 61.3 Å². The number of halogens is 2. The number of benzene rings is 2. The Labute approximate surface area is 235 Å². The molecule has 3 heterocycles. The van der Waals surface area contributed by atoms with E-state index in [1.165, 1.54) is 17.4 Å². The van der Waals surface area contributed by atoms with Crippen LogP contribution in [-0.2, 0) is 0 Å². The van der Waals surface area contributed by atoms with Gasteiger partial charge < -0.3 is 20.3 Å². The standard InChI is InChI=1S/C27H29ClFN7S2/c1-35(12-13-36-10-7-30-8-11-36)25-17-22(19-5-3-2-4-6-19)32-18-24(25)33-23-16-21(29)26(15-20(23)28)38-34-27-31-9-14-37-27/h2-6,9,14-18,30,33H,7-8,10-13H2,1H3,(H,31,34). The zero-order valence-electron chi connectivity index (χ0n) is 21.0. The highest BCUT2D eigenvalue weighted by molar-refractivity contribution is 8.00. The van der Waals surface area contributed by atoms with E-state index >= 15 is 4.39 Å². The Bertz CT molecular complexity index is 1340. The molecule has 2 aromatic heterocycles. The summed E-state index contributed by atoms with van der Waals surface area (Å²) in [6.07, 6.45) is 3.49. The lowest BCUT2D eigenvalue weighted by Gasteiger charge is -2.30. The van der Waals surface area contributed by atoms with E-state index in [9.17, 15) is 0 Å². The fraction of sp³-hybridized carbons (Fsp3) is 0.259. The summed E-state index contributed by atoms with van der Waals surface area (Å²) in [7, 11) is 2.07. The van der Waals surface area contributed by atoms with Crippen LogP contribution in [0.3, 0.4) is 0 Å².